The van der Waals surface area contributed by atoms with Crippen molar-refractivity contribution in [2.24, 2.45) is 0 Å². The average Bonchev–Trinajstić information content (AvgIpc) is 2.87. The van der Waals surface area contributed by atoms with Gasteiger partial charge in [-0.25, -0.2) is 4.79 Å². The average molecular weight is 484 g/mol. The molecule has 2 aliphatic heterocycles. The number of hydrogen-bond acceptors (Lipinski definition) is 4. The van der Waals surface area contributed by atoms with Crippen LogP contribution in [0.1, 0.15) is 76.2 Å². The summed E-state index contributed by atoms with van der Waals surface area (Å²) >= 11 is 0. The van der Waals surface area contributed by atoms with Crippen LogP contribution >= 0.6 is 0 Å². The van der Waals surface area contributed by atoms with Crippen molar-refractivity contribution in [2.45, 2.75) is 60.3 Å². The van der Waals surface area contributed by atoms with Crippen LogP contribution < -0.4 is 5.32 Å². The predicted octanol–water partition coefficient (Wildman–Crippen LogP) is 5.45. The zero-order valence-corrected chi connectivity index (χ0v) is 22.9. The first-order valence-corrected chi connectivity index (χ1v) is 12.9. The van der Waals surface area contributed by atoms with Crippen LogP contribution in [-0.2, 0) is 4.79 Å². The van der Waals surface area contributed by atoms with Crippen LogP contribution in [0.25, 0.3) is 0 Å². The van der Waals surface area contributed by atoms with Crippen LogP contribution in [0.15, 0.2) is 58.8 Å². The minimum Gasteiger partial charge on any atom is -0.478 e. The molecule has 0 atom stereocenters. The van der Waals surface area contributed by atoms with Crippen molar-refractivity contribution in [1.29, 1.82) is 0 Å². The Bertz CT molecular complexity index is 919. The van der Waals surface area contributed by atoms with E-state index >= 15 is 0 Å². The van der Waals surface area contributed by atoms with E-state index in [-0.39, 0.29) is 5.91 Å². The summed E-state index contributed by atoms with van der Waals surface area (Å²) < 4.78 is 0. The van der Waals surface area contributed by atoms with Gasteiger partial charge in [0.2, 0.25) is 0 Å². The van der Waals surface area contributed by atoms with Crippen molar-refractivity contribution in [2.75, 3.05) is 40.3 Å². The molecule has 1 amide bonds. The number of hydrogen-bond donors (Lipinski definition) is 2. The first kappa shape index (κ1) is 30.2. The maximum Gasteiger partial charge on any atom is 0.336 e. The smallest absolute Gasteiger partial charge is 0.336 e. The van der Waals surface area contributed by atoms with E-state index < -0.39 is 5.97 Å². The second-order valence-electron chi connectivity index (χ2n) is 8.71. The second-order valence-corrected chi connectivity index (χ2v) is 8.71. The van der Waals surface area contributed by atoms with E-state index in [1.165, 1.54) is 5.56 Å². The molecule has 1 saturated heterocycles. The number of carbonyl (C=O) groups is 2. The molecule has 2 N–H and O–H groups in total. The van der Waals surface area contributed by atoms with Gasteiger partial charge in [-0.3, -0.25) is 9.69 Å². The zero-order valence-electron chi connectivity index (χ0n) is 22.9. The van der Waals surface area contributed by atoms with E-state index in [0.29, 0.717) is 18.0 Å². The van der Waals surface area contributed by atoms with Gasteiger partial charge in [-0.1, -0.05) is 57.6 Å². The number of dihydropyridines is 1. The molecule has 6 nitrogen and oxygen atoms in total. The molecule has 2 aliphatic rings. The molecule has 0 radical (unpaired) electrons. The van der Waals surface area contributed by atoms with Gasteiger partial charge in [-0.2, -0.15) is 0 Å². The van der Waals surface area contributed by atoms with Gasteiger partial charge >= 0.3 is 5.97 Å². The Morgan fingerprint density at radius 3 is 2.17 bits per heavy atom. The summed E-state index contributed by atoms with van der Waals surface area (Å²) in [6.45, 7) is 15.4. The number of aliphatic carboxylic acids is 1. The molecule has 0 spiro atoms. The van der Waals surface area contributed by atoms with Gasteiger partial charge in [0, 0.05) is 44.0 Å². The predicted molar refractivity (Wildman–Crippen MR) is 146 cm³/mol. The number of amides is 1. The number of nitrogens with zero attached hydrogens (tertiary/aromatic N) is 2. The first-order valence-electron chi connectivity index (χ1n) is 12.9. The van der Waals surface area contributed by atoms with Crippen LogP contribution in [0.5, 0.6) is 0 Å². The highest BCUT2D eigenvalue weighted by Crippen LogP contribution is 2.29. The van der Waals surface area contributed by atoms with Gasteiger partial charge in [-0.05, 0) is 63.4 Å². The quantitative estimate of drug-likeness (QED) is 0.562. The molecule has 3 rings (SSSR count). The second kappa shape index (κ2) is 15.2. The van der Waals surface area contributed by atoms with E-state index in [2.05, 4.69) is 29.3 Å². The maximum absolute atomic E-state index is 12.1. The van der Waals surface area contributed by atoms with E-state index in [4.69, 9.17) is 0 Å². The molecule has 35 heavy (non-hydrogen) atoms. The maximum atomic E-state index is 12.1. The third-order valence-electron chi connectivity index (χ3n) is 6.08. The summed E-state index contributed by atoms with van der Waals surface area (Å²) in [6, 6.07) is 8.04. The number of piperidine rings is 1. The summed E-state index contributed by atoms with van der Waals surface area (Å²) in [4.78, 5) is 27.7. The van der Waals surface area contributed by atoms with E-state index in [9.17, 15) is 14.7 Å². The van der Waals surface area contributed by atoms with Crippen molar-refractivity contribution in [3.8, 4) is 0 Å². The summed E-state index contributed by atoms with van der Waals surface area (Å²) in [6.07, 6.45) is 5.90. The number of allylic oxidation sites excluding steroid dienone is 2. The third-order valence-corrected chi connectivity index (χ3v) is 6.08. The van der Waals surface area contributed by atoms with E-state index in [1.54, 1.807) is 25.1 Å². The highest BCUT2D eigenvalue weighted by atomic mass is 16.4. The molecule has 0 bridgehead atoms. The van der Waals surface area contributed by atoms with Crippen LogP contribution in [0, 0.1) is 0 Å². The Kier molecular flexibility index (Phi) is 13.1. The number of carboxylic acids is 1. The van der Waals surface area contributed by atoms with Crippen LogP contribution in [0.4, 0.5) is 0 Å². The minimum atomic E-state index is -0.876. The van der Waals surface area contributed by atoms with Gasteiger partial charge in [0.1, 0.15) is 0 Å². The van der Waals surface area contributed by atoms with Crippen molar-refractivity contribution in [3.63, 3.8) is 0 Å². The number of rotatable bonds is 6. The number of benzene rings is 1. The molecular weight excluding hydrogens is 438 g/mol. The minimum absolute atomic E-state index is 0.0306. The molecule has 194 valence electrons. The van der Waals surface area contributed by atoms with Crippen molar-refractivity contribution in [3.05, 3.63) is 70.0 Å². The molecule has 0 saturated carbocycles. The number of carbonyl (C=O) groups excluding carboxylic acids is 1. The molecule has 6 heteroatoms. The molecule has 0 aromatic heterocycles. The van der Waals surface area contributed by atoms with Gasteiger partial charge < -0.3 is 15.3 Å². The largest absolute Gasteiger partial charge is 0.478 e. The number of nitrogens with one attached hydrogen (secondary N) is 1. The van der Waals surface area contributed by atoms with Gasteiger partial charge in [-0.15, -0.1) is 0 Å². The summed E-state index contributed by atoms with van der Waals surface area (Å²) in [7, 11) is 3.54. The molecule has 1 aromatic rings. The Morgan fingerprint density at radius 1 is 1.09 bits per heavy atom. The van der Waals surface area contributed by atoms with Crippen LogP contribution in [0.2, 0.25) is 0 Å². The summed E-state index contributed by atoms with van der Waals surface area (Å²) in [5.74, 6) is -0.333. The normalized spacial score (nSPS) is 16.7. The highest BCUT2D eigenvalue weighted by Gasteiger charge is 2.22. The van der Waals surface area contributed by atoms with E-state index in [0.717, 1.165) is 54.9 Å². The Balaban J connectivity index is 0.00000145. The van der Waals surface area contributed by atoms with Gasteiger partial charge in [0.05, 0.1) is 5.57 Å². The monoisotopic (exact) mass is 483 g/mol. The van der Waals surface area contributed by atoms with Crippen molar-refractivity contribution >= 4 is 11.9 Å². The SMILES string of the molecule is CC.CC.CC1=C(/C=C(\C)CN2CCC(c3ccc(C(=O)N(C)C)cc3)CC2)C(C(=O)O)=CCN1. The lowest BCUT2D eigenvalue weighted by molar-refractivity contribution is -0.132. The van der Waals surface area contributed by atoms with Crippen molar-refractivity contribution in [1.82, 2.24) is 15.1 Å². The van der Waals surface area contributed by atoms with Crippen LogP contribution in [0.3, 0.4) is 0 Å². The third kappa shape index (κ3) is 8.70. The fourth-order valence-corrected chi connectivity index (χ4v) is 4.33. The Morgan fingerprint density at radius 2 is 1.66 bits per heavy atom. The molecule has 0 aliphatic carbocycles. The molecule has 0 unspecified atom stereocenters. The molecule has 1 aromatic carbocycles. The van der Waals surface area contributed by atoms with Gasteiger partial charge in [0.15, 0.2) is 0 Å². The van der Waals surface area contributed by atoms with Crippen LogP contribution in [-0.4, -0.2) is 67.1 Å². The molecule has 1 fully saturated rings. The van der Waals surface area contributed by atoms with Gasteiger partial charge in [0.25, 0.3) is 5.91 Å². The number of carboxylic acid groups (broad SMARTS) is 1. The first-order chi connectivity index (χ1) is 16.8. The fraction of sp³-hybridized carbons (Fsp3) is 0.517. The standard InChI is InChI=1S/C25H33N3O3.2C2H6/c1-17(15-23-18(2)26-12-9-22(23)25(30)31)16-28-13-10-20(11-14-28)19-5-7-21(8-6-19)24(29)27(3)4;2*1-2/h5-9,15,20,26H,10-14,16H2,1-4H3,(H,30,31);2*1-2H3/b17-15+;;. The zero-order chi connectivity index (χ0) is 26.5. The lowest BCUT2D eigenvalue weighted by atomic mass is 9.88. The van der Waals surface area contributed by atoms with Crippen molar-refractivity contribution < 1.29 is 14.7 Å². The molecular formula is C29H45N3O3. The lowest BCUT2D eigenvalue weighted by Gasteiger charge is -2.32. The summed E-state index contributed by atoms with van der Waals surface area (Å²) in [5.41, 5.74) is 5.25. The lowest BCUT2D eigenvalue weighted by Crippen LogP contribution is -2.34. The fourth-order valence-electron chi connectivity index (χ4n) is 4.33. The Labute approximate surface area is 212 Å². The number of likely N-dealkylation sites (tertiary alicyclic amines) is 1. The highest BCUT2D eigenvalue weighted by molar-refractivity contribution is 5.94. The summed E-state index contributed by atoms with van der Waals surface area (Å²) in [5, 5.41) is 12.7. The Hall–Kier alpha value is -2.86. The van der Waals surface area contributed by atoms with E-state index in [1.807, 2.05) is 52.8 Å². The molecule has 2 heterocycles. The topological polar surface area (TPSA) is 72.9 Å².